The Balaban J connectivity index is 1.81. The minimum atomic E-state index is -1.94. The Kier molecular flexibility index (Phi) is 11.6. The molecule has 1 fully saturated rings. The van der Waals surface area contributed by atoms with Crippen molar-refractivity contribution in [2.75, 3.05) is 0 Å². The van der Waals surface area contributed by atoms with Crippen molar-refractivity contribution >= 4 is 11.8 Å². The number of phenols is 3. The van der Waals surface area contributed by atoms with Crippen LogP contribution in [0.15, 0.2) is 59.2 Å². The maximum absolute atomic E-state index is 14.3. The zero-order valence-corrected chi connectivity index (χ0v) is 27.6. The van der Waals surface area contributed by atoms with Gasteiger partial charge in [-0.15, -0.1) is 0 Å². The molecule has 0 bridgehead atoms. The molecule has 0 radical (unpaired) electrons. The highest BCUT2D eigenvalue weighted by Gasteiger charge is 2.49. The van der Waals surface area contributed by atoms with Crippen LogP contribution in [-0.2, 0) is 16.0 Å². The van der Waals surface area contributed by atoms with Crippen molar-refractivity contribution in [2.24, 2.45) is 5.92 Å². The summed E-state index contributed by atoms with van der Waals surface area (Å²) in [6.07, 6.45) is -2.89. The van der Waals surface area contributed by atoms with Gasteiger partial charge in [0.15, 0.2) is 11.9 Å². The lowest BCUT2D eigenvalue weighted by Gasteiger charge is -2.39. The molecule has 2 aromatic carbocycles. The van der Waals surface area contributed by atoms with Gasteiger partial charge in [0.25, 0.3) is 0 Å². The fourth-order valence-corrected chi connectivity index (χ4v) is 5.72. The number of hydrogen-bond donors (Lipinski definition) is 7. The van der Waals surface area contributed by atoms with Crippen LogP contribution >= 0.6 is 0 Å². The second-order valence-corrected chi connectivity index (χ2v) is 12.8. The number of aliphatic hydroxyl groups is 3. The molecule has 260 valence electrons. The first-order valence-electron chi connectivity index (χ1n) is 15.7. The number of ether oxygens (including phenoxy) is 3. The molecule has 2 aliphatic heterocycles. The molecule has 12 nitrogen and oxygen atoms in total. The molecule has 2 aliphatic rings. The van der Waals surface area contributed by atoms with E-state index in [0.29, 0.717) is 0 Å². The Labute approximate surface area is 278 Å². The summed E-state index contributed by atoms with van der Waals surface area (Å²) in [6, 6.07) is 5.22. The molecule has 7 atom stereocenters. The van der Waals surface area contributed by atoms with Crippen LogP contribution in [0, 0.1) is 5.92 Å². The predicted octanol–water partition coefficient (Wildman–Crippen LogP) is 4.60. The molecule has 0 saturated carbocycles. The first kappa shape index (κ1) is 36.5. The van der Waals surface area contributed by atoms with E-state index in [1.165, 1.54) is 23.8 Å². The lowest BCUT2D eigenvalue weighted by atomic mass is 9.81. The molecule has 7 unspecified atom stereocenters. The summed E-state index contributed by atoms with van der Waals surface area (Å²) >= 11 is 0. The van der Waals surface area contributed by atoms with Crippen LogP contribution in [-0.4, -0.2) is 78.2 Å². The van der Waals surface area contributed by atoms with Gasteiger partial charge in [-0.2, -0.15) is 0 Å². The van der Waals surface area contributed by atoms with Crippen LogP contribution in [0.5, 0.6) is 28.7 Å². The number of carboxylic acids is 1. The van der Waals surface area contributed by atoms with E-state index in [9.17, 15) is 45.3 Å². The van der Waals surface area contributed by atoms with Gasteiger partial charge in [0.1, 0.15) is 58.7 Å². The molecule has 12 heteroatoms. The van der Waals surface area contributed by atoms with Crippen molar-refractivity contribution < 1.29 is 59.5 Å². The van der Waals surface area contributed by atoms with Crippen molar-refractivity contribution in [2.45, 2.75) is 97.1 Å². The Morgan fingerprint density at radius 3 is 2.23 bits per heavy atom. The first-order valence-corrected chi connectivity index (χ1v) is 15.7. The van der Waals surface area contributed by atoms with Crippen molar-refractivity contribution in [3.8, 4) is 28.7 Å². The smallest absolute Gasteiger partial charge is 0.335 e. The second-order valence-electron chi connectivity index (χ2n) is 12.8. The van der Waals surface area contributed by atoms with Crippen molar-refractivity contribution in [1.29, 1.82) is 0 Å². The van der Waals surface area contributed by atoms with E-state index in [2.05, 4.69) is 6.08 Å². The third-order valence-corrected chi connectivity index (χ3v) is 8.43. The normalized spacial score (nSPS) is 25.5. The van der Waals surface area contributed by atoms with Crippen LogP contribution in [0.2, 0.25) is 0 Å². The quantitative estimate of drug-likeness (QED) is 0.164. The van der Waals surface area contributed by atoms with Crippen LogP contribution in [0.3, 0.4) is 0 Å². The van der Waals surface area contributed by atoms with Crippen molar-refractivity contribution in [1.82, 2.24) is 0 Å². The van der Waals surface area contributed by atoms with Crippen LogP contribution in [0.25, 0.3) is 0 Å². The number of aliphatic hydroxyl groups excluding tert-OH is 3. The van der Waals surface area contributed by atoms with E-state index >= 15 is 0 Å². The molecule has 48 heavy (non-hydrogen) atoms. The highest BCUT2D eigenvalue weighted by Crippen LogP contribution is 2.50. The van der Waals surface area contributed by atoms with Crippen LogP contribution in [0.4, 0.5) is 0 Å². The largest absolute Gasteiger partial charge is 0.508 e. The molecule has 0 amide bonds. The van der Waals surface area contributed by atoms with Gasteiger partial charge >= 0.3 is 5.97 Å². The number of aromatic hydroxyl groups is 3. The lowest BCUT2D eigenvalue weighted by molar-refractivity contribution is -0.271. The minimum absolute atomic E-state index is 0.0522. The number of carboxylic acid groups (broad SMARTS) is 1. The summed E-state index contributed by atoms with van der Waals surface area (Å²) in [6.45, 7) is 9.64. The summed E-state index contributed by atoms with van der Waals surface area (Å²) in [7, 11) is 0. The van der Waals surface area contributed by atoms with Gasteiger partial charge in [0, 0.05) is 23.3 Å². The fraction of sp³-hybridized carbons (Fsp3) is 0.444. The highest BCUT2D eigenvalue weighted by atomic mass is 16.7. The van der Waals surface area contributed by atoms with Crippen molar-refractivity contribution in [3.63, 3.8) is 0 Å². The highest BCUT2D eigenvalue weighted by molar-refractivity contribution is 6.05. The van der Waals surface area contributed by atoms with E-state index in [1.54, 1.807) is 6.08 Å². The van der Waals surface area contributed by atoms with E-state index in [1.807, 2.05) is 40.7 Å². The Morgan fingerprint density at radius 2 is 1.60 bits per heavy atom. The van der Waals surface area contributed by atoms with E-state index < -0.39 is 60.2 Å². The summed E-state index contributed by atoms with van der Waals surface area (Å²) in [4.78, 5) is 26.0. The Hall–Kier alpha value is -4.36. The Bertz CT molecular complexity index is 1610. The number of allylic oxidation sites excluding steroid dienone is 6. The molecule has 0 spiro atoms. The van der Waals surface area contributed by atoms with Gasteiger partial charge in [-0.3, -0.25) is 4.79 Å². The number of ketones is 1. The summed E-state index contributed by atoms with van der Waals surface area (Å²) in [5, 5.41) is 72.9. The summed E-state index contributed by atoms with van der Waals surface area (Å²) < 4.78 is 17.5. The number of aliphatic carboxylic acids is 1. The van der Waals surface area contributed by atoms with Crippen molar-refractivity contribution in [3.05, 3.63) is 75.9 Å². The number of hydrogen-bond acceptors (Lipinski definition) is 11. The first-order chi connectivity index (χ1) is 22.6. The average molecular weight is 669 g/mol. The molecule has 2 aromatic rings. The van der Waals surface area contributed by atoms with Crippen LogP contribution < -0.4 is 9.47 Å². The van der Waals surface area contributed by atoms with E-state index in [4.69, 9.17) is 14.2 Å². The number of rotatable bonds is 11. The lowest BCUT2D eigenvalue weighted by Crippen LogP contribution is -2.61. The van der Waals surface area contributed by atoms with Gasteiger partial charge in [0.05, 0.1) is 5.92 Å². The van der Waals surface area contributed by atoms with Gasteiger partial charge in [-0.05, 0) is 72.4 Å². The van der Waals surface area contributed by atoms with Gasteiger partial charge in [-0.25, -0.2) is 4.79 Å². The minimum Gasteiger partial charge on any atom is -0.508 e. The molecular formula is C36H44O12. The molecular weight excluding hydrogens is 624 g/mol. The summed E-state index contributed by atoms with van der Waals surface area (Å²) in [5.41, 5.74) is 3.30. The molecule has 1 saturated heterocycles. The maximum Gasteiger partial charge on any atom is 0.335 e. The van der Waals surface area contributed by atoms with Crippen LogP contribution in [0.1, 0.15) is 81.5 Å². The fourth-order valence-electron chi connectivity index (χ4n) is 5.72. The third kappa shape index (κ3) is 8.01. The number of benzene rings is 2. The summed E-state index contributed by atoms with van der Waals surface area (Å²) in [5.74, 6) is -4.19. The number of Topliss-reactive ketones (excluding diaryl/α,β-unsaturated/α-hetero) is 1. The third-order valence-electron chi connectivity index (χ3n) is 8.43. The van der Waals surface area contributed by atoms with E-state index in [0.717, 1.165) is 30.1 Å². The van der Waals surface area contributed by atoms with Gasteiger partial charge in [0.2, 0.25) is 6.29 Å². The molecule has 7 N–H and O–H groups in total. The number of fused-ring (bicyclic) bond motifs is 1. The zero-order valence-electron chi connectivity index (χ0n) is 27.6. The predicted molar refractivity (Wildman–Crippen MR) is 174 cm³/mol. The molecule has 0 aromatic heterocycles. The molecule has 2 heterocycles. The molecule has 0 aliphatic carbocycles. The van der Waals surface area contributed by atoms with Gasteiger partial charge < -0.3 is 50.0 Å². The molecule has 4 rings (SSSR count). The number of carbonyl (C=O) groups excluding carboxylic acids is 1. The SMILES string of the molecule is CC(C)=CCC/C(C)=C\CC1C(=O)c2c(cc(OC3OC(C(=O)O)C(O)C(O)C3O)c(CC=C(C)C)c2O)OC1c1ccc(O)cc1O. The second kappa shape index (κ2) is 15.2. The van der Waals surface area contributed by atoms with E-state index in [-0.39, 0.29) is 52.5 Å². The monoisotopic (exact) mass is 668 g/mol. The topological polar surface area (TPSA) is 203 Å². The standard InChI is InChI=1S/C36H44O12/c1-17(2)7-6-8-19(5)10-13-23-29(40)27-26(46-33(23)21-14-11-20(37)15-24(21)38)16-25(22(28(27)39)12-9-18(3)4)47-36-32(43)30(41)31(42)34(48-36)35(44)45/h7,9-11,14-16,23,30-34,36-39,41-43H,6,8,12-13H2,1-5H3,(H,44,45)/b19-10-. The number of phenolic OH excluding ortho intramolecular Hbond substituents is 3. The Morgan fingerprint density at radius 1 is 0.917 bits per heavy atom. The average Bonchev–Trinajstić information content (AvgIpc) is 2.99. The zero-order chi connectivity index (χ0) is 35.4. The maximum atomic E-state index is 14.3. The van der Waals surface area contributed by atoms with Gasteiger partial charge in [-0.1, -0.05) is 34.9 Å². The number of carbonyl (C=O) groups is 2.